The van der Waals surface area contributed by atoms with E-state index in [0.717, 1.165) is 18.7 Å². The summed E-state index contributed by atoms with van der Waals surface area (Å²) in [6, 6.07) is 6.57. The van der Waals surface area contributed by atoms with Gasteiger partial charge in [0.15, 0.2) is 0 Å². The van der Waals surface area contributed by atoms with Gasteiger partial charge >= 0.3 is 0 Å². The summed E-state index contributed by atoms with van der Waals surface area (Å²) in [5.41, 5.74) is 1.18. The van der Waals surface area contributed by atoms with Gasteiger partial charge in [0, 0.05) is 12.2 Å². The first kappa shape index (κ1) is 11.0. The molecule has 2 heteroatoms. The molecule has 1 rings (SSSR count). The molecule has 0 aromatic heterocycles. The van der Waals surface area contributed by atoms with Gasteiger partial charge in [-0.05, 0) is 30.0 Å². The molecule has 1 aromatic rings. The minimum atomic E-state index is -0.189. The van der Waals surface area contributed by atoms with Crippen LogP contribution >= 0.6 is 0 Å². The predicted molar refractivity (Wildman–Crippen MR) is 59.0 cm³/mol. The summed E-state index contributed by atoms with van der Waals surface area (Å²) in [4.78, 5) is 0. The van der Waals surface area contributed by atoms with Gasteiger partial charge in [-0.25, -0.2) is 4.39 Å². The van der Waals surface area contributed by atoms with E-state index in [4.69, 9.17) is 0 Å². The zero-order chi connectivity index (χ0) is 10.6. The number of nitrogens with one attached hydrogen (secondary N) is 1. The predicted octanol–water partition coefficient (Wildman–Crippen LogP) is 3.67. The Balaban J connectivity index is 2.39. The van der Waals surface area contributed by atoms with Crippen molar-refractivity contribution in [2.45, 2.75) is 27.2 Å². The minimum absolute atomic E-state index is 0.189. The van der Waals surface area contributed by atoms with Crippen LogP contribution in [0.1, 0.15) is 27.2 Å². The molecular formula is C12H18FN. The van der Waals surface area contributed by atoms with E-state index in [-0.39, 0.29) is 5.82 Å². The first-order valence-corrected chi connectivity index (χ1v) is 4.97. The van der Waals surface area contributed by atoms with Crippen LogP contribution in [0.5, 0.6) is 0 Å². The smallest absolute Gasteiger partial charge is 0.125 e. The van der Waals surface area contributed by atoms with Gasteiger partial charge in [0.05, 0.1) is 0 Å². The van der Waals surface area contributed by atoms with E-state index < -0.39 is 0 Å². The molecule has 0 atom stereocenters. The molecule has 0 aliphatic carbocycles. The van der Waals surface area contributed by atoms with Crippen molar-refractivity contribution < 1.29 is 4.39 Å². The molecule has 0 amide bonds. The number of benzene rings is 1. The highest BCUT2D eigenvalue weighted by atomic mass is 19.1. The monoisotopic (exact) mass is 195 g/mol. The number of rotatable bonds is 3. The Morgan fingerprint density at radius 3 is 2.57 bits per heavy atom. The van der Waals surface area contributed by atoms with Crippen molar-refractivity contribution in [3.8, 4) is 0 Å². The van der Waals surface area contributed by atoms with Crippen LogP contribution in [0.15, 0.2) is 24.3 Å². The molecule has 0 aliphatic heterocycles. The molecule has 14 heavy (non-hydrogen) atoms. The molecule has 1 N–H and O–H groups in total. The maximum absolute atomic E-state index is 12.8. The fraction of sp³-hybridized carbons (Fsp3) is 0.500. The van der Waals surface area contributed by atoms with Crippen LogP contribution in [0, 0.1) is 11.2 Å². The average Bonchev–Trinajstić information content (AvgIpc) is 2.01. The van der Waals surface area contributed by atoms with Crippen molar-refractivity contribution in [1.82, 2.24) is 0 Å². The topological polar surface area (TPSA) is 12.0 Å². The first-order valence-electron chi connectivity index (χ1n) is 4.97. The first-order chi connectivity index (χ1) is 6.47. The third kappa shape index (κ3) is 4.26. The Labute approximate surface area is 85.3 Å². The second kappa shape index (κ2) is 4.45. The van der Waals surface area contributed by atoms with E-state index >= 15 is 0 Å². The molecule has 0 bridgehead atoms. The second-order valence-electron chi connectivity index (χ2n) is 4.75. The number of anilines is 1. The van der Waals surface area contributed by atoms with E-state index in [1.54, 1.807) is 6.07 Å². The van der Waals surface area contributed by atoms with E-state index in [1.807, 2.05) is 6.07 Å². The summed E-state index contributed by atoms with van der Waals surface area (Å²) in [6.07, 6.45) is 1.07. The second-order valence-corrected chi connectivity index (χ2v) is 4.75. The van der Waals surface area contributed by atoms with Crippen LogP contribution in [-0.4, -0.2) is 6.54 Å². The quantitative estimate of drug-likeness (QED) is 0.775. The molecule has 1 nitrogen and oxygen atoms in total. The van der Waals surface area contributed by atoms with Crippen molar-refractivity contribution in [3.63, 3.8) is 0 Å². The van der Waals surface area contributed by atoms with Crippen LogP contribution in [0.25, 0.3) is 0 Å². The summed E-state index contributed by atoms with van der Waals surface area (Å²) < 4.78 is 12.8. The van der Waals surface area contributed by atoms with Crippen LogP contribution in [0.4, 0.5) is 10.1 Å². The lowest BCUT2D eigenvalue weighted by atomic mass is 9.92. The van der Waals surface area contributed by atoms with E-state index in [1.165, 1.54) is 12.1 Å². The Kier molecular flexibility index (Phi) is 3.50. The maximum Gasteiger partial charge on any atom is 0.125 e. The van der Waals surface area contributed by atoms with Gasteiger partial charge in [0.2, 0.25) is 0 Å². The summed E-state index contributed by atoms with van der Waals surface area (Å²) in [6.45, 7) is 7.47. The van der Waals surface area contributed by atoms with Crippen LogP contribution in [-0.2, 0) is 0 Å². The lowest BCUT2D eigenvalue weighted by Crippen LogP contribution is -2.12. The standard InChI is InChI=1S/C12H18FN/c1-12(2,3)7-8-14-11-6-4-5-10(13)9-11/h4-6,9,14H,7-8H2,1-3H3. The summed E-state index contributed by atoms with van der Waals surface area (Å²) in [5, 5.41) is 3.20. The summed E-state index contributed by atoms with van der Waals surface area (Å²) in [7, 11) is 0. The fourth-order valence-corrected chi connectivity index (χ4v) is 1.18. The zero-order valence-corrected chi connectivity index (χ0v) is 9.10. The SMILES string of the molecule is CC(C)(C)CCNc1cccc(F)c1. The van der Waals surface area contributed by atoms with Crippen molar-refractivity contribution in [2.75, 3.05) is 11.9 Å². The Bertz CT molecular complexity index is 289. The lowest BCUT2D eigenvalue weighted by Gasteiger charge is -2.18. The molecular weight excluding hydrogens is 177 g/mol. The van der Waals surface area contributed by atoms with Crippen molar-refractivity contribution in [3.05, 3.63) is 30.1 Å². The molecule has 0 saturated carbocycles. The molecule has 1 aromatic carbocycles. The normalized spacial score (nSPS) is 11.4. The van der Waals surface area contributed by atoms with Gasteiger partial charge < -0.3 is 5.32 Å². The highest BCUT2D eigenvalue weighted by Gasteiger charge is 2.08. The van der Waals surface area contributed by atoms with Gasteiger partial charge in [-0.2, -0.15) is 0 Å². The van der Waals surface area contributed by atoms with Crippen molar-refractivity contribution in [2.24, 2.45) is 5.41 Å². The van der Waals surface area contributed by atoms with E-state index in [9.17, 15) is 4.39 Å². The van der Waals surface area contributed by atoms with Crippen LogP contribution in [0.3, 0.4) is 0 Å². The van der Waals surface area contributed by atoms with Crippen LogP contribution in [0.2, 0.25) is 0 Å². The largest absolute Gasteiger partial charge is 0.385 e. The Morgan fingerprint density at radius 2 is 2.00 bits per heavy atom. The highest BCUT2D eigenvalue weighted by molar-refractivity contribution is 5.42. The third-order valence-corrected chi connectivity index (χ3v) is 2.03. The van der Waals surface area contributed by atoms with Gasteiger partial charge in [-0.3, -0.25) is 0 Å². The average molecular weight is 195 g/mol. The van der Waals surface area contributed by atoms with Crippen molar-refractivity contribution in [1.29, 1.82) is 0 Å². The Hall–Kier alpha value is -1.05. The Morgan fingerprint density at radius 1 is 1.29 bits per heavy atom. The van der Waals surface area contributed by atoms with Crippen LogP contribution < -0.4 is 5.32 Å². The van der Waals surface area contributed by atoms with Crippen molar-refractivity contribution >= 4 is 5.69 Å². The van der Waals surface area contributed by atoms with Gasteiger partial charge in [0.1, 0.15) is 5.82 Å². The van der Waals surface area contributed by atoms with Gasteiger partial charge in [-0.15, -0.1) is 0 Å². The molecule has 0 radical (unpaired) electrons. The molecule has 0 aliphatic rings. The minimum Gasteiger partial charge on any atom is -0.385 e. The number of hydrogen-bond acceptors (Lipinski definition) is 1. The third-order valence-electron chi connectivity index (χ3n) is 2.03. The molecule has 0 spiro atoms. The summed E-state index contributed by atoms with van der Waals surface area (Å²) in [5.74, 6) is -0.189. The summed E-state index contributed by atoms with van der Waals surface area (Å²) >= 11 is 0. The van der Waals surface area contributed by atoms with E-state index in [0.29, 0.717) is 5.41 Å². The van der Waals surface area contributed by atoms with Gasteiger partial charge in [0.25, 0.3) is 0 Å². The maximum atomic E-state index is 12.8. The lowest BCUT2D eigenvalue weighted by molar-refractivity contribution is 0.390. The fourth-order valence-electron chi connectivity index (χ4n) is 1.18. The van der Waals surface area contributed by atoms with E-state index in [2.05, 4.69) is 26.1 Å². The number of halogens is 1. The molecule has 0 unspecified atom stereocenters. The zero-order valence-electron chi connectivity index (χ0n) is 9.10. The molecule has 0 heterocycles. The molecule has 78 valence electrons. The highest BCUT2D eigenvalue weighted by Crippen LogP contribution is 2.18. The molecule has 0 fully saturated rings. The van der Waals surface area contributed by atoms with Gasteiger partial charge in [-0.1, -0.05) is 26.8 Å². The number of hydrogen-bond donors (Lipinski definition) is 1. The molecule has 0 saturated heterocycles.